The standard InChI is InChI=1S/C51H72N6O8.C43H56N6O8/c1-29-30(2)38(46(53)55-65-48(6,7)8)44-43(37(29)45(52)54-64-47(3,4)5)62-36-24-34-40(32(42(36)63-44)26-57-17-21-61-22-18-57)51(28-50(34,11)12)27-49(9,10)33-23-35(58-13)41(59-14)31(39(33)51)25-56-15-19-60-20-16-56;1-23-24(2)32(40(45)47-51)38-37(31(23)39(44)46-50)56-30-18-28-34(26(36(30)57-38)20-49-11-15-55-16-12-49)43(22-42(28,5)6)21-41(3,4)27-17-29(52-7)35(53-8)25(33(27)43)19-48-9-13-54-14-10-48/h23-24H,15-22,25-28H2,1-14H3,(H2,52,54)(H2,53,55);17-18,50-51H,9-16,19-22H2,1-8H3,(H2,44,46)(H2,45,47). The molecule has 6 heterocycles. The van der Waals surface area contributed by atoms with Crippen LogP contribution in [0.25, 0.3) is 0 Å². The van der Waals surface area contributed by atoms with E-state index in [4.69, 9.17) is 89.5 Å². The number of morpholine rings is 4. The predicted octanol–water partition coefficient (Wildman–Crippen LogP) is 14.1. The van der Waals surface area contributed by atoms with Crippen molar-refractivity contribution >= 4 is 23.3 Å². The molecule has 122 heavy (non-hydrogen) atoms. The largest absolute Gasteiger partial charge is 0.493 e. The van der Waals surface area contributed by atoms with E-state index >= 15 is 0 Å². The molecule has 0 aromatic heterocycles. The summed E-state index contributed by atoms with van der Waals surface area (Å²) in [5.41, 5.74) is 42.7. The minimum absolute atomic E-state index is 0.138. The molecule has 6 aliphatic heterocycles. The lowest BCUT2D eigenvalue weighted by atomic mass is 9.70. The summed E-state index contributed by atoms with van der Waals surface area (Å²) in [6.07, 6.45) is 3.44. The average Bonchev–Trinajstić information content (AvgIpc) is 1.51. The van der Waals surface area contributed by atoms with Crippen LogP contribution in [-0.4, -0.2) is 198 Å². The summed E-state index contributed by atoms with van der Waals surface area (Å²) < 4.78 is 77.0. The summed E-state index contributed by atoms with van der Waals surface area (Å²) in [7, 11) is 6.95. The smallest absolute Gasteiger partial charge is 0.182 e. The van der Waals surface area contributed by atoms with Gasteiger partial charge >= 0.3 is 0 Å². The number of benzene rings is 6. The van der Waals surface area contributed by atoms with Crippen molar-refractivity contribution in [2.75, 3.05) is 134 Å². The van der Waals surface area contributed by atoms with Gasteiger partial charge in [0.25, 0.3) is 0 Å². The van der Waals surface area contributed by atoms with Crippen LogP contribution in [0.3, 0.4) is 0 Å². The molecule has 0 radical (unpaired) electrons. The van der Waals surface area contributed by atoms with Gasteiger partial charge in [0.1, 0.15) is 11.2 Å². The van der Waals surface area contributed by atoms with E-state index in [1.165, 1.54) is 50.1 Å². The topological polar surface area (TPSA) is 336 Å². The zero-order valence-corrected chi connectivity index (χ0v) is 75.8. The molecule has 28 nitrogen and oxygen atoms in total. The van der Waals surface area contributed by atoms with E-state index in [1.54, 1.807) is 28.4 Å². The summed E-state index contributed by atoms with van der Waals surface area (Å²) >= 11 is 0. The van der Waals surface area contributed by atoms with Crippen LogP contribution in [0.2, 0.25) is 0 Å². The number of amidine groups is 4. The van der Waals surface area contributed by atoms with Gasteiger partial charge in [-0.1, -0.05) is 76.0 Å². The Kier molecular flexibility index (Phi) is 23.3. The number of rotatable bonds is 18. The fourth-order valence-corrected chi connectivity index (χ4v) is 21.7. The molecule has 4 fully saturated rings. The number of hydrogen-bond acceptors (Lipinski definition) is 24. The Morgan fingerprint density at radius 2 is 0.623 bits per heavy atom. The lowest BCUT2D eigenvalue weighted by Crippen LogP contribution is -2.38. The molecule has 2 unspecified atom stereocenters. The number of nitrogens with zero attached hydrogens (tertiary/aromatic N) is 8. The SMILES string of the molecule is COc1cc2c(c(CN3CCOCC3)c1OC)C1(CC2(C)C)CC(C)(C)c2cc3c(c(CN4CCOCC4)c21)Oc1c(c(/C(N)=N/O)c(C)c(C)c1/C(N)=N/O)O3.COc1cc2c(c(CN3CCOCC3)c1OC)C1(CC2(C)C)CC(C)(C)c2cc3c(c(CN4CCOCC4)c21)Oc1c(c(/C(N)=N/OC(C)(C)C)c(C)c(C)c1/C(N)=N/OC(C)(C)C)O3. The minimum atomic E-state index is -0.593. The zero-order valence-electron chi connectivity index (χ0n) is 75.8. The molecule has 28 heteroatoms. The number of fused-ring (bicyclic) bond motifs is 12. The fourth-order valence-electron chi connectivity index (χ4n) is 21.7. The zero-order chi connectivity index (χ0) is 87.6. The van der Waals surface area contributed by atoms with Crippen molar-refractivity contribution in [2.24, 2.45) is 43.6 Å². The molecule has 4 saturated heterocycles. The molecule has 16 rings (SSSR count). The molecule has 6 aromatic rings. The van der Waals surface area contributed by atoms with Crippen molar-refractivity contribution in [3.05, 3.63) is 136 Å². The summed E-state index contributed by atoms with van der Waals surface area (Å²) in [4.78, 5) is 21.6. The number of ether oxygens (including phenoxy) is 12. The van der Waals surface area contributed by atoms with Gasteiger partial charge in [0.2, 0.25) is 0 Å². The molecular formula is C94H128N12O16. The Balaban J connectivity index is 0.000000191. The first-order chi connectivity index (χ1) is 57.7. The van der Waals surface area contributed by atoms with Crippen LogP contribution in [0, 0.1) is 27.7 Å². The highest BCUT2D eigenvalue weighted by atomic mass is 16.7. The van der Waals surface area contributed by atoms with Gasteiger partial charge in [0.15, 0.2) is 92.3 Å². The van der Waals surface area contributed by atoms with E-state index < -0.39 is 22.0 Å². The Morgan fingerprint density at radius 1 is 0.369 bits per heavy atom. The highest BCUT2D eigenvalue weighted by molar-refractivity contribution is 6.10. The van der Waals surface area contributed by atoms with Crippen molar-refractivity contribution in [1.82, 2.24) is 19.6 Å². The Labute approximate surface area is 718 Å². The first-order valence-electron chi connectivity index (χ1n) is 43.0. The third-order valence-electron chi connectivity index (χ3n) is 26.8. The number of hydrogen-bond donors (Lipinski definition) is 6. The van der Waals surface area contributed by atoms with E-state index in [0.717, 1.165) is 129 Å². The third kappa shape index (κ3) is 15.3. The maximum atomic E-state index is 10.0. The quantitative estimate of drug-likeness (QED) is 0.0201. The van der Waals surface area contributed by atoms with Crippen molar-refractivity contribution in [3.8, 4) is 69.0 Å². The summed E-state index contributed by atoms with van der Waals surface area (Å²) in [6, 6.07) is 8.79. The van der Waals surface area contributed by atoms with E-state index in [9.17, 15) is 10.4 Å². The second kappa shape index (κ2) is 32.5. The van der Waals surface area contributed by atoms with E-state index in [2.05, 4.69) is 120 Å². The van der Waals surface area contributed by atoms with Crippen LogP contribution >= 0.6 is 0 Å². The lowest BCUT2D eigenvalue weighted by molar-refractivity contribution is 0.000473. The Bertz CT molecular complexity index is 5240. The van der Waals surface area contributed by atoms with Gasteiger partial charge in [-0.05, 0) is 208 Å². The molecule has 660 valence electrons. The predicted molar refractivity (Wildman–Crippen MR) is 469 cm³/mol. The molecule has 0 amide bonds. The molecular weight excluding hydrogens is 1550 g/mol. The third-order valence-corrected chi connectivity index (χ3v) is 26.8. The number of nitrogens with two attached hydrogens (primary N) is 4. The molecule has 0 bridgehead atoms. The molecule has 6 aromatic carbocycles. The van der Waals surface area contributed by atoms with Gasteiger partial charge in [0, 0.05) is 112 Å². The fraction of sp³-hybridized carbons (Fsp3) is 0.574. The first-order valence-corrected chi connectivity index (χ1v) is 43.0. The summed E-state index contributed by atoms with van der Waals surface area (Å²) in [5, 5.41) is 35.6. The number of methoxy groups -OCH3 is 4. The molecule has 10 N–H and O–H groups in total. The second-order valence-corrected chi connectivity index (χ2v) is 39.3. The normalized spacial score (nSPS) is 22.2. The first kappa shape index (κ1) is 87.4. The van der Waals surface area contributed by atoms with Crippen molar-refractivity contribution in [1.29, 1.82) is 0 Å². The molecule has 2 spiro atoms. The van der Waals surface area contributed by atoms with Gasteiger partial charge in [-0.3, -0.25) is 19.6 Å². The van der Waals surface area contributed by atoms with Gasteiger partial charge in [0.05, 0.1) is 104 Å². The monoisotopic (exact) mass is 1680 g/mol. The van der Waals surface area contributed by atoms with Crippen LogP contribution in [-0.2, 0) is 87.3 Å². The summed E-state index contributed by atoms with van der Waals surface area (Å²) in [5.74, 6) is 6.66. The highest BCUT2D eigenvalue weighted by Gasteiger charge is 2.62. The molecule has 0 saturated carbocycles. The highest BCUT2D eigenvalue weighted by Crippen LogP contribution is 2.71. The van der Waals surface area contributed by atoms with Gasteiger partial charge in [-0.15, -0.1) is 0 Å². The van der Waals surface area contributed by atoms with Crippen molar-refractivity contribution in [2.45, 2.75) is 220 Å². The maximum absolute atomic E-state index is 10.0. The second-order valence-electron chi connectivity index (χ2n) is 39.3. The van der Waals surface area contributed by atoms with Gasteiger partial charge in [-0.25, -0.2) is 0 Å². The number of oxime groups is 4. The van der Waals surface area contributed by atoms with E-state index in [1.807, 2.05) is 69.2 Å². The Hall–Kier alpha value is -9.52. The minimum Gasteiger partial charge on any atom is -0.493 e. The van der Waals surface area contributed by atoms with Crippen molar-refractivity contribution < 1.29 is 76.9 Å². The lowest BCUT2D eigenvalue weighted by Gasteiger charge is -2.37. The van der Waals surface area contributed by atoms with E-state index in [-0.39, 0.29) is 56.5 Å². The van der Waals surface area contributed by atoms with Crippen LogP contribution in [0.1, 0.15) is 234 Å². The van der Waals surface area contributed by atoms with Gasteiger partial charge < -0.3 is 99.9 Å². The molecule has 2 atom stereocenters. The van der Waals surface area contributed by atoms with Crippen LogP contribution < -0.4 is 60.8 Å². The maximum Gasteiger partial charge on any atom is 0.182 e. The molecule has 4 aliphatic carbocycles. The van der Waals surface area contributed by atoms with Gasteiger partial charge in [-0.2, -0.15) is 0 Å². The van der Waals surface area contributed by atoms with E-state index in [0.29, 0.717) is 147 Å². The molecule has 10 aliphatic rings. The average molecular weight is 1680 g/mol. The van der Waals surface area contributed by atoms with Crippen LogP contribution in [0.15, 0.2) is 44.9 Å². The van der Waals surface area contributed by atoms with Crippen LogP contribution in [0.4, 0.5) is 0 Å². The van der Waals surface area contributed by atoms with Crippen LogP contribution in [0.5, 0.6) is 69.0 Å². The van der Waals surface area contributed by atoms with Crippen molar-refractivity contribution in [3.63, 3.8) is 0 Å². The Morgan fingerprint density at radius 3 is 0.885 bits per heavy atom. The summed E-state index contributed by atoms with van der Waals surface area (Å²) in [6.45, 7) is 52.2.